The fourth-order valence-electron chi connectivity index (χ4n) is 1.94. The third-order valence-electron chi connectivity index (χ3n) is 3.16. The second-order valence-corrected chi connectivity index (χ2v) is 4.88. The molecule has 6 nitrogen and oxygen atoms in total. The molecule has 0 radical (unpaired) electrons. The predicted octanol–water partition coefficient (Wildman–Crippen LogP) is 2.83. The number of hydrogen-bond acceptors (Lipinski definition) is 5. The van der Waals surface area contributed by atoms with Crippen LogP contribution in [0.15, 0.2) is 17.2 Å². The van der Waals surface area contributed by atoms with Gasteiger partial charge in [0.15, 0.2) is 11.5 Å². The van der Waals surface area contributed by atoms with E-state index in [0.717, 1.165) is 25.7 Å². The molecule has 1 aromatic carbocycles. The molecule has 0 saturated carbocycles. The zero-order valence-electron chi connectivity index (χ0n) is 13.4. The van der Waals surface area contributed by atoms with Gasteiger partial charge in [-0.25, -0.2) is 5.43 Å². The van der Waals surface area contributed by atoms with Gasteiger partial charge >= 0.3 is 0 Å². The van der Waals surface area contributed by atoms with Crippen LogP contribution >= 0.6 is 0 Å². The number of methoxy groups -OCH3 is 2. The van der Waals surface area contributed by atoms with Gasteiger partial charge in [-0.2, -0.15) is 5.10 Å². The fraction of sp³-hybridized carbons (Fsp3) is 0.500. The number of hydrazone groups is 1. The van der Waals surface area contributed by atoms with E-state index in [2.05, 4.69) is 17.5 Å². The molecule has 0 aliphatic carbocycles. The highest BCUT2D eigenvalue weighted by atomic mass is 16.5. The highest BCUT2D eigenvalue weighted by Crippen LogP contribution is 2.36. The fourth-order valence-corrected chi connectivity index (χ4v) is 1.94. The Balaban J connectivity index is 2.57. The smallest absolute Gasteiger partial charge is 0.240 e. The largest absolute Gasteiger partial charge is 0.502 e. The number of nitrogens with one attached hydrogen (secondary N) is 1. The van der Waals surface area contributed by atoms with Crippen LogP contribution in [0.25, 0.3) is 0 Å². The highest BCUT2D eigenvalue weighted by Gasteiger charge is 2.10. The Morgan fingerprint density at radius 1 is 1.23 bits per heavy atom. The van der Waals surface area contributed by atoms with E-state index < -0.39 is 0 Å². The van der Waals surface area contributed by atoms with Crippen LogP contribution in [0.2, 0.25) is 0 Å². The molecule has 122 valence electrons. The summed E-state index contributed by atoms with van der Waals surface area (Å²) in [7, 11) is 2.90. The van der Waals surface area contributed by atoms with Crippen LogP contribution in [0.3, 0.4) is 0 Å². The normalized spacial score (nSPS) is 10.7. The SMILES string of the molecule is CCCCCCC(=O)N/N=C\c1cc(OC)c(O)c(OC)c1. The number of carbonyl (C=O) groups is 1. The van der Waals surface area contributed by atoms with Crippen molar-refractivity contribution >= 4 is 12.1 Å². The van der Waals surface area contributed by atoms with Crippen molar-refractivity contribution in [3.63, 3.8) is 0 Å². The molecule has 2 N–H and O–H groups in total. The van der Waals surface area contributed by atoms with E-state index in [1.54, 1.807) is 12.1 Å². The number of amides is 1. The molecule has 0 saturated heterocycles. The summed E-state index contributed by atoms with van der Waals surface area (Å²) in [5.41, 5.74) is 3.13. The highest BCUT2D eigenvalue weighted by molar-refractivity contribution is 5.84. The number of aromatic hydroxyl groups is 1. The molecular weight excluding hydrogens is 284 g/mol. The first-order chi connectivity index (χ1) is 10.6. The molecule has 0 aliphatic rings. The van der Waals surface area contributed by atoms with Crippen molar-refractivity contribution in [2.75, 3.05) is 14.2 Å². The van der Waals surface area contributed by atoms with Gasteiger partial charge in [0.1, 0.15) is 0 Å². The first-order valence-electron chi connectivity index (χ1n) is 7.39. The number of benzene rings is 1. The molecule has 0 aliphatic heterocycles. The van der Waals surface area contributed by atoms with E-state index in [4.69, 9.17) is 9.47 Å². The quantitative estimate of drug-likeness (QED) is 0.417. The maximum absolute atomic E-state index is 11.6. The van der Waals surface area contributed by atoms with E-state index in [1.807, 2.05) is 0 Å². The zero-order chi connectivity index (χ0) is 16.4. The monoisotopic (exact) mass is 308 g/mol. The maximum atomic E-state index is 11.6. The van der Waals surface area contributed by atoms with Gasteiger partial charge in [0.05, 0.1) is 20.4 Å². The van der Waals surface area contributed by atoms with Crippen LogP contribution in [-0.4, -0.2) is 31.4 Å². The van der Waals surface area contributed by atoms with Crippen molar-refractivity contribution in [1.82, 2.24) is 5.43 Å². The number of ether oxygens (including phenoxy) is 2. The van der Waals surface area contributed by atoms with E-state index in [1.165, 1.54) is 20.4 Å². The third-order valence-corrected chi connectivity index (χ3v) is 3.16. The van der Waals surface area contributed by atoms with Gasteiger partial charge in [-0.15, -0.1) is 0 Å². The summed E-state index contributed by atoms with van der Waals surface area (Å²) in [6.07, 6.45) is 6.16. The Morgan fingerprint density at radius 2 is 1.86 bits per heavy atom. The summed E-state index contributed by atoms with van der Waals surface area (Å²) in [6.45, 7) is 2.13. The first-order valence-corrected chi connectivity index (χ1v) is 7.39. The summed E-state index contributed by atoms with van der Waals surface area (Å²) in [4.78, 5) is 11.6. The minimum Gasteiger partial charge on any atom is -0.502 e. The van der Waals surface area contributed by atoms with Gasteiger partial charge in [-0.1, -0.05) is 26.2 Å². The van der Waals surface area contributed by atoms with E-state index in [0.29, 0.717) is 12.0 Å². The molecule has 0 fully saturated rings. The second-order valence-electron chi connectivity index (χ2n) is 4.88. The van der Waals surface area contributed by atoms with E-state index in [9.17, 15) is 9.90 Å². The van der Waals surface area contributed by atoms with Crippen LogP contribution < -0.4 is 14.9 Å². The Kier molecular flexibility index (Phi) is 7.81. The molecule has 6 heteroatoms. The summed E-state index contributed by atoms with van der Waals surface area (Å²) in [6, 6.07) is 3.21. The van der Waals surface area contributed by atoms with Gasteiger partial charge < -0.3 is 14.6 Å². The average Bonchev–Trinajstić information content (AvgIpc) is 2.52. The lowest BCUT2D eigenvalue weighted by atomic mass is 10.1. The van der Waals surface area contributed by atoms with Crippen LogP contribution in [0.1, 0.15) is 44.6 Å². The second kappa shape index (κ2) is 9.65. The number of hydrogen-bond donors (Lipinski definition) is 2. The molecule has 0 spiro atoms. The van der Waals surface area contributed by atoms with Crippen LogP contribution in [0.4, 0.5) is 0 Å². The molecule has 0 heterocycles. The Bertz CT molecular complexity index is 490. The molecular formula is C16H24N2O4. The summed E-state index contributed by atoms with van der Waals surface area (Å²) < 4.78 is 10.1. The lowest BCUT2D eigenvalue weighted by molar-refractivity contribution is -0.121. The Labute approximate surface area is 131 Å². The summed E-state index contributed by atoms with van der Waals surface area (Å²) in [5, 5.41) is 13.7. The van der Waals surface area contributed by atoms with Crippen LogP contribution in [0.5, 0.6) is 17.2 Å². The first kappa shape index (κ1) is 17.8. The lowest BCUT2D eigenvalue weighted by Crippen LogP contribution is -2.16. The van der Waals surface area contributed by atoms with E-state index in [-0.39, 0.29) is 23.2 Å². The molecule has 22 heavy (non-hydrogen) atoms. The van der Waals surface area contributed by atoms with Crippen LogP contribution in [0, 0.1) is 0 Å². The minimum absolute atomic E-state index is 0.0675. The molecule has 0 bridgehead atoms. The summed E-state index contributed by atoms with van der Waals surface area (Å²) >= 11 is 0. The van der Waals surface area contributed by atoms with Gasteiger partial charge in [-0.05, 0) is 18.6 Å². The number of phenolic OH excluding ortho intramolecular Hbond substituents is 1. The summed E-state index contributed by atoms with van der Waals surface area (Å²) in [5.74, 6) is 0.394. The van der Waals surface area contributed by atoms with Gasteiger partial charge in [0.25, 0.3) is 0 Å². The third kappa shape index (κ3) is 5.63. The average molecular weight is 308 g/mol. The van der Waals surface area contributed by atoms with Gasteiger partial charge in [0.2, 0.25) is 11.7 Å². The van der Waals surface area contributed by atoms with Crippen molar-refractivity contribution < 1.29 is 19.4 Å². The van der Waals surface area contributed by atoms with Gasteiger partial charge in [-0.3, -0.25) is 4.79 Å². The maximum Gasteiger partial charge on any atom is 0.240 e. The predicted molar refractivity (Wildman–Crippen MR) is 85.7 cm³/mol. The van der Waals surface area contributed by atoms with Crippen molar-refractivity contribution in [2.24, 2.45) is 5.10 Å². The molecule has 1 amide bonds. The molecule has 0 unspecified atom stereocenters. The minimum atomic E-state index is -0.106. The van der Waals surface area contributed by atoms with Crippen molar-refractivity contribution in [2.45, 2.75) is 39.0 Å². The molecule has 0 atom stereocenters. The van der Waals surface area contributed by atoms with Gasteiger partial charge in [0, 0.05) is 12.0 Å². The van der Waals surface area contributed by atoms with Crippen molar-refractivity contribution in [1.29, 1.82) is 0 Å². The Hall–Kier alpha value is -2.24. The van der Waals surface area contributed by atoms with Crippen LogP contribution in [-0.2, 0) is 4.79 Å². The number of phenols is 1. The Morgan fingerprint density at radius 3 is 2.41 bits per heavy atom. The zero-order valence-corrected chi connectivity index (χ0v) is 13.4. The number of rotatable bonds is 9. The molecule has 0 aromatic heterocycles. The molecule has 1 aromatic rings. The standard InChI is InChI=1S/C16H24N2O4/c1-4-5-6-7-8-15(19)18-17-11-12-9-13(21-2)16(20)14(10-12)22-3/h9-11,20H,4-8H2,1-3H3,(H,18,19)/b17-11-. The molecule has 1 rings (SSSR count). The lowest BCUT2D eigenvalue weighted by Gasteiger charge is -2.09. The van der Waals surface area contributed by atoms with Crippen molar-refractivity contribution in [3.8, 4) is 17.2 Å². The number of nitrogens with zero attached hydrogens (tertiary/aromatic N) is 1. The van der Waals surface area contributed by atoms with E-state index >= 15 is 0 Å². The topological polar surface area (TPSA) is 80.2 Å². The van der Waals surface area contributed by atoms with Crippen molar-refractivity contribution in [3.05, 3.63) is 17.7 Å². The number of carbonyl (C=O) groups excluding carboxylic acids is 1. The number of unbranched alkanes of at least 4 members (excludes halogenated alkanes) is 3.